The molecule has 0 saturated heterocycles. The number of carbonyl (C=O) groups is 1. The number of pyridine rings is 1. The third-order valence-corrected chi connectivity index (χ3v) is 2.02. The van der Waals surface area contributed by atoms with Crippen molar-refractivity contribution in [2.75, 3.05) is 6.61 Å². The minimum atomic E-state index is 0.120. The van der Waals surface area contributed by atoms with Gasteiger partial charge in [0.05, 0.1) is 6.10 Å². The van der Waals surface area contributed by atoms with Gasteiger partial charge in [0, 0.05) is 18.8 Å². The minimum Gasteiger partial charge on any atom is -0.371 e. The van der Waals surface area contributed by atoms with Gasteiger partial charge in [0.1, 0.15) is 6.61 Å². The van der Waals surface area contributed by atoms with E-state index < -0.39 is 0 Å². The van der Waals surface area contributed by atoms with Crippen molar-refractivity contribution in [2.45, 2.75) is 32.8 Å². The second kappa shape index (κ2) is 6.30. The van der Waals surface area contributed by atoms with E-state index in [1.807, 2.05) is 26.0 Å². The number of carbonyl (C=O) groups excluding carboxylic acids is 1. The van der Waals surface area contributed by atoms with Gasteiger partial charge >= 0.3 is 0 Å². The highest BCUT2D eigenvalue weighted by molar-refractivity contribution is 5.79. The van der Waals surface area contributed by atoms with Crippen molar-refractivity contribution in [1.82, 2.24) is 4.98 Å². The molecule has 82 valence electrons. The summed E-state index contributed by atoms with van der Waals surface area (Å²) in [4.78, 5) is 15.3. The van der Waals surface area contributed by atoms with Crippen LogP contribution in [0.15, 0.2) is 24.5 Å². The molecule has 0 aliphatic rings. The lowest BCUT2D eigenvalue weighted by Crippen LogP contribution is -2.13. The summed E-state index contributed by atoms with van der Waals surface area (Å²) in [6, 6.07) is 3.85. The molecule has 0 atom stereocenters. The van der Waals surface area contributed by atoms with Crippen LogP contribution in [0.5, 0.6) is 0 Å². The van der Waals surface area contributed by atoms with E-state index in [4.69, 9.17) is 4.74 Å². The van der Waals surface area contributed by atoms with Crippen molar-refractivity contribution >= 4 is 5.78 Å². The maximum atomic E-state index is 11.4. The standard InChI is InChI=1S/C12H17NO2/c1-10(2)15-9-12(14)4-3-11-5-7-13-8-6-11/h5-8,10H,3-4,9H2,1-2H3. The van der Waals surface area contributed by atoms with Gasteiger partial charge in [0.15, 0.2) is 5.78 Å². The number of rotatable bonds is 6. The number of hydrogen-bond donors (Lipinski definition) is 0. The average Bonchev–Trinajstić information content (AvgIpc) is 2.25. The molecular weight excluding hydrogens is 190 g/mol. The summed E-state index contributed by atoms with van der Waals surface area (Å²) in [5.74, 6) is 0.153. The fourth-order valence-electron chi connectivity index (χ4n) is 1.16. The van der Waals surface area contributed by atoms with Crippen LogP contribution in [-0.4, -0.2) is 23.5 Å². The van der Waals surface area contributed by atoms with E-state index in [1.54, 1.807) is 12.4 Å². The van der Waals surface area contributed by atoms with Crippen LogP contribution in [0.1, 0.15) is 25.8 Å². The molecule has 0 radical (unpaired) electrons. The quantitative estimate of drug-likeness (QED) is 0.716. The van der Waals surface area contributed by atoms with Crippen LogP contribution in [0, 0.1) is 0 Å². The Morgan fingerprint density at radius 3 is 2.67 bits per heavy atom. The lowest BCUT2D eigenvalue weighted by molar-refractivity contribution is -0.124. The van der Waals surface area contributed by atoms with E-state index in [0.29, 0.717) is 6.42 Å². The van der Waals surface area contributed by atoms with Crippen LogP contribution in [0.3, 0.4) is 0 Å². The lowest BCUT2D eigenvalue weighted by atomic mass is 10.1. The molecule has 3 nitrogen and oxygen atoms in total. The molecule has 1 rings (SSSR count). The number of aromatic nitrogens is 1. The normalized spacial score (nSPS) is 10.6. The van der Waals surface area contributed by atoms with Crippen molar-refractivity contribution in [3.63, 3.8) is 0 Å². The van der Waals surface area contributed by atoms with E-state index in [-0.39, 0.29) is 18.5 Å². The molecule has 1 aromatic heterocycles. The van der Waals surface area contributed by atoms with Crippen LogP contribution in [0.4, 0.5) is 0 Å². The van der Waals surface area contributed by atoms with Gasteiger partial charge in [-0.2, -0.15) is 0 Å². The highest BCUT2D eigenvalue weighted by Crippen LogP contribution is 2.02. The Hall–Kier alpha value is -1.22. The second-order valence-corrected chi connectivity index (χ2v) is 3.75. The first-order valence-corrected chi connectivity index (χ1v) is 5.20. The van der Waals surface area contributed by atoms with Gasteiger partial charge in [0.2, 0.25) is 0 Å². The predicted molar refractivity (Wildman–Crippen MR) is 58.7 cm³/mol. The highest BCUT2D eigenvalue weighted by atomic mass is 16.5. The third-order valence-electron chi connectivity index (χ3n) is 2.02. The topological polar surface area (TPSA) is 39.2 Å². The molecule has 0 spiro atoms. The number of ether oxygens (including phenoxy) is 1. The van der Waals surface area contributed by atoms with Gasteiger partial charge in [-0.15, -0.1) is 0 Å². The van der Waals surface area contributed by atoms with Crippen LogP contribution in [-0.2, 0) is 16.0 Å². The molecule has 15 heavy (non-hydrogen) atoms. The molecule has 1 aromatic rings. The third kappa shape index (κ3) is 5.27. The maximum absolute atomic E-state index is 11.4. The molecule has 0 bridgehead atoms. The van der Waals surface area contributed by atoms with Crippen molar-refractivity contribution < 1.29 is 9.53 Å². The van der Waals surface area contributed by atoms with E-state index in [2.05, 4.69) is 4.98 Å². The highest BCUT2D eigenvalue weighted by Gasteiger charge is 2.04. The Morgan fingerprint density at radius 2 is 2.07 bits per heavy atom. The molecule has 0 fully saturated rings. The molecule has 0 N–H and O–H groups in total. The van der Waals surface area contributed by atoms with Crippen molar-refractivity contribution in [2.24, 2.45) is 0 Å². The van der Waals surface area contributed by atoms with Gasteiger partial charge in [-0.05, 0) is 38.0 Å². The van der Waals surface area contributed by atoms with E-state index in [9.17, 15) is 4.79 Å². The van der Waals surface area contributed by atoms with E-state index in [0.717, 1.165) is 12.0 Å². The summed E-state index contributed by atoms with van der Waals surface area (Å²) in [5, 5.41) is 0. The smallest absolute Gasteiger partial charge is 0.158 e. The SMILES string of the molecule is CC(C)OCC(=O)CCc1ccncc1. The van der Waals surface area contributed by atoms with Crippen molar-refractivity contribution in [3.8, 4) is 0 Å². The number of nitrogens with zero attached hydrogens (tertiary/aromatic N) is 1. The second-order valence-electron chi connectivity index (χ2n) is 3.75. The van der Waals surface area contributed by atoms with Crippen molar-refractivity contribution in [1.29, 1.82) is 0 Å². The van der Waals surface area contributed by atoms with E-state index >= 15 is 0 Å². The van der Waals surface area contributed by atoms with Crippen LogP contribution < -0.4 is 0 Å². The van der Waals surface area contributed by atoms with Crippen molar-refractivity contribution in [3.05, 3.63) is 30.1 Å². The fraction of sp³-hybridized carbons (Fsp3) is 0.500. The Bertz CT molecular complexity index is 296. The maximum Gasteiger partial charge on any atom is 0.158 e. The Morgan fingerprint density at radius 1 is 1.40 bits per heavy atom. The van der Waals surface area contributed by atoms with Gasteiger partial charge < -0.3 is 4.74 Å². The molecule has 0 aliphatic carbocycles. The zero-order valence-electron chi connectivity index (χ0n) is 9.27. The summed E-state index contributed by atoms with van der Waals surface area (Å²) in [7, 11) is 0. The predicted octanol–water partition coefficient (Wildman–Crippen LogP) is 2.01. The summed E-state index contributed by atoms with van der Waals surface area (Å²) < 4.78 is 5.23. The molecular formula is C12H17NO2. The molecule has 0 amide bonds. The van der Waals surface area contributed by atoms with Crippen LogP contribution in [0.2, 0.25) is 0 Å². The zero-order chi connectivity index (χ0) is 11.1. The first kappa shape index (κ1) is 11.9. The summed E-state index contributed by atoms with van der Waals surface area (Å²) in [6.07, 6.45) is 4.91. The molecule has 1 heterocycles. The number of hydrogen-bond acceptors (Lipinski definition) is 3. The summed E-state index contributed by atoms with van der Waals surface area (Å²) in [6.45, 7) is 4.08. The molecule has 0 aromatic carbocycles. The van der Waals surface area contributed by atoms with Gasteiger partial charge in [-0.3, -0.25) is 9.78 Å². The number of ketones is 1. The van der Waals surface area contributed by atoms with Crippen LogP contribution >= 0.6 is 0 Å². The Kier molecular flexibility index (Phi) is 4.98. The van der Waals surface area contributed by atoms with Gasteiger partial charge in [-0.25, -0.2) is 0 Å². The summed E-state index contributed by atoms with van der Waals surface area (Å²) in [5.41, 5.74) is 1.14. The average molecular weight is 207 g/mol. The molecule has 0 saturated carbocycles. The first-order valence-electron chi connectivity index (χ1n) is 5.20. The minimum absolute atomic E-state index is 0.120. The largest absolute Gasteiger partial charge is 0.371 e. The fourth-order valence-corrected chi connectivity index (χ4v) is 1.16. The first-order chi connectivity index (χ1) is 7.18. The van der Waals surface area contributed by atoms with Gasteiger partial charge in [0.25, 0.3) is 0 Å². The summed E-state index contributed by atoms with van der Waals surface area (Å²) >= 11 is 0. The Balaban J connectivity index is 2.23. The number of aryl methyl sites for hydroxylation is 1. The lowest BCUT2D eigenvalue weighted by Gasteiger charge is -2.06. The molecule has 3 heteroatoms. The number of Topliss-reactive ketones (excluding diaryl/α,β-unsaturated/α-hetero) is 1. The van der Waals surface area contributed by atoms with E-state index in [1.165, 1.54) is 0 Å². The van der Waals surface area contributed by atoms with Gasteiger partial charge in [-0.1, -0.05) is 0 Å². The zero-order valence-corrected chi connectivity index (χ0v) is 9.27. The molecule has 0 aliphatic heterocycles. The van der Waals surface area contributed by atoms with Crippen LogP contribution in [0.25, 0.3) is 0 Å². The molecule has 0 unspecified atom stereocenters. The Labute approximate surface area is 90.5 Å². The monoisotopic (exact) mass is 207 g/mol.